The Morgan fingerprint density at radius 3 is 2.90 bits per heavy atom. The van der Waals surface area contributed by atoms with E-state index in [0.717, 1.165) is 48.3 Å². The highest BCUT2D eigenvalue weighted by Gasteiger charge is 2.22. The first kappa shape index (κ1) is 14.1. The quantitative estimate of drug-likeness (QED) is 0.932. The van der Waals surface area contributed by atoms with Crippen molar-refractivity contribution in [3.63, 3.8) is 0 Å². The predicted octanol–water partition coefficient (Wildman–Crippen LogP) is 2.05. The van der Waals surface area contributed by atoms with Crippen molar-refractivity contribution in [2.24, 2.45) is 0 Å². The van der Waals surface area contributed by atoms with Crippen LogP contribution in [0.5, 0.6) is 5.75 Å². The summed E-state index contributed by atoms with van der Waals surface area (Å²) >= 11 is 0. The predicted molar refractivity (Wildman–Crippen MR) is 83.4 cm³/mol. The van der Waals surface area contributed by atoms with Crippen LogP contribution in [0.1, 0.15) is 12.0 Å². The number of anilines is 1. The van der Waals surface area contributed by atoms with Gasteiger partial charge in [-0.25, -0.2) is 4.98 Å². The lowest BCUT2D eigenvalue weighted by Gasteiger charge is -2.17. The number of fused-ring (bicyclic) bond motifs is 1. The number of hydrogen-bond acceptors (Lipinski definition) is 5. The molecule has 3 rings (SSSR count). The van der Waals surface area contributed by atoms with Crippen LogP contribution in [-0.2, 0) is 11.3 Å². The molecule has 1 unspecified atom stereocenters. The van der Waals surface area contributed by atoms with Crippen molar-refractivity contribution in [1.29, 1.82) is 0 Å². The largest absolute Gasteiger partial charge is 0.497 e. The van der Waals surface area contributed by atoms with E-state index in [1.165, 1.54) is 0 Å². The van der Waals surface area contributed by atoms with Crippen molar-refractivity contribution in [3.05, 3.63) is 29.8 Å². The molecule has 1 aromatic carbocycles. The second kappa shape index (κ2) is 5.87. The van der Waals surface area contributed by atoms with Crippen LogP contribution in [0.15, 0.2) is 24.3 Å². The fourth-order valence-corrected chi connectivity index (χ4v) is 2.83. The summed E-state index contributed by atoms with van der Waals surface area (Å²) in [5.74, 6) is 1.39. The van der Waals surface area contributed by atoms with E-state index >= 15 is 0 Å². The Labute approximate surface area is 124 Å². The van der Waals surface area contributed by atoms with Crippen LogP contribution in [0.25, 0.3) is 10.9 Å². The first-order chi connectivity index (χ1) is 10.2. The Bertz CT molecular complexity index is 645. The molecular formula is C16H21N3O2. The van der Waals surface area contributed by atoms with Crippen LogP contribution in [0.4, 0.5) is 5.82 Å². The summed E-state index contributed by atoms with van der Waals surface area (Å²) in [6, 6.07) is 8.00. The van der Waals surface area contributed by atoms with E-state index in [9.17, 15) is 0 Å². The minimum Gasteiger partial charge on any atom is -0.497 e. The van der Waals surface area contributed by atoms with Gasteiger partial charge in [-0.15, -0.1) is 0 Å². The molecule has 0 aliphatic carbocycles. The Hall–Kier alpha value is -1.85. The Morgan fingerprint density at radius 1 is 1.33 bits per heavy atom. The van der Waals surface area contributed by atoms with E-state index in [2.05, 4.69) is 16.0 Å². The van der Waals surface area contributed by atoms with E-state index in [-0.39, 0.29) is 0 Å². The average molecular weight is 287 g/mol. The van der Waals surface area contributed by atoms with E-state index in [1.807, 2.05) is 18.2 Å². The number of nitrogen functional groups attached to an aromatic ring is 1. The van der Waals surface area contributed by atoms with Crippen LogP contribution >= 0.6 is 0 Å². The molecule has 1 atom stereocenters. The number of nitrogens with two attached hydrogens (primary N) is 1. The summed E-state index contributed by atoms with van der Waals surface area (Å²) in [5.41, 5.74) is 8.05. The van der Waals surface area contributed by atoms with Gasteiger partial charge in [-0.1, -0.05) is 0 Å². The number of nitrogens with zero attached hydrogens (tertiary/aromatic N) is 2. The zero-order chi connectivity index (χ0) is 14.8. The number of hydrogen-bond donors (Lipinski definition) is 1. The summed E-state index contributed by atoms with van der Waals surface area (Å²) in [4.78, 5) is 6.86. The molecule has 1 aliphatic rings. The summed E-state index contributed by atoms with van der Waals surface area (Å²) < 4.78 is 10.6. The topological polar surface area (TPSA) is 60.6 Å². The standard InChI is InChI=1S/C16H21N3O2/c1-20-13-4-3-11-7-12(16(17)18-15(11)8-13)9-19-6-5-14(10-19)21-2/h3-4,7-8,14H,5-6,9-10H2,1-2H3,(H2,17,18). The second-order valence-corrected chi connectivity index (χ2v) is 5.47. The molecule has 0 bridgehead atoms. The molecule has 1 fully saturated rings. The van der Waals surface area contributed by atoms with Gasteiger partial charge >= 0.3 is 0 Å². The highest BCUT2D eigenvalue weighted by molar-refractivity contribution is 5.82. The van der Waals surface area contributed by atoms with E-state index in [4.69, 9.17) is 15.2 Å². The summed E-state index contributed by atoms with van der Waals surface area (Å²) in [7, 11) is 3.42. The van der Waals surface area contributed by atoms with Crippen molar-refractivity contribution in [3.8, 4) is 5.75 Å². The molecule has 1 aromatic heterocycles. The van der Waals surface area contributed by atoms with E-state index in [0.29, 0.717) is 11.9 Å². The van der Waals surface area contributed by atoms with Gasteiger partial charge in [0.05, 0.1) is 18.7 Å². The van der Waals surface area contributed by atoms with Crippen LogP contribution < -0.4 is 10.5 Å². The molecule has 5 nitrogen and oxygen atoms in total. The van der Waals surface area contributed by atoms with Crippen LogP contribution in [-0.4, -0.2) is 43.3 Å². The highest BCUT2D eigenvalue weighted by Crippen LogP contribution is 2.25. The van der Waals surface area contributed by atoms with Gasteiger partial charge in [0.2, 0.25) is 0 Å². The van der Waals surface area contributed by atoms with Gasteiger partial charge in [-0.3, -0.25) is 4.90 Å². The molecular weight excluding hydrogens is 266 g/mol. The third kappa shape index (κ3) is 2.94. The maximum absolute atomic E-state index is 6.11. The first-order valence-corrected chi connectivity index (χ1v) is 7.18. The molecule has 1 saturated heterocycles. The van der Waals surface area contributed by atoms with Crippen molar-refractivity contribution < 1.29 is 9.47 Å². The monoisotopic (exact) mass is 287 g/mol. The number of benzene rings is 1. The minimum absolute atomic E-state index is 0.337. The number of pyridine rings is 1. The van der Waals surface area contributed by atoms with Gasteiger partial charge in [-0.2, -0.15) is 0 Å². The van der Waals surface area contributed by atoms with Gasteiger partial charge in [0.15, 0.2) is 0 Å². The molecule has 112 valence electrons. The Morgan fingerprint density at radius 2 is 2.19 bits per heavy atom. The second-order valence-electron chi connectivity index (χ2n) is 5.47. The van der Waals surface area contributed by atoms with Gasteiger partial charge < -0.3 is 15.2 Å². The van der Waals surface area contributed by atoms with Crippen molar-refractivity contribution >= 4 is 16.7 Å². The first-order valence-electron chi connectivity index (χ1n) is 7.18. The molecule has 5 heteroatoms. The molecule has 21 heavy (non-hydrogen) atoms. The lowest BCUT2D eigenvalue weighted by Crippen LogP contribution is -2.23. The zero-order valence-electron chi connectivity index (χ0n) is 12.5. The number of methoxy groups -OCH3 is 2. The number of ether oxygens (including phenoxy) is 2. The molecule has 0 radical (unpaired) electrons. The van der Waals surface area contributed by atoms with Gasteiger partial charge in [0, 0.05) is 43.8 Å². The lowest BCUT2D eigenvalue weighted by molar-refractivity contribution is 0.107. The molecule has 0 amide bonds. The molecule has 1 aliphatic heterocycles. The highest BCUT2D eigenvalue weighted by atomic mass is 16.5. The third-order valence-corrected chi connectivity index (χ3v) is 4.09. The SMILES string of the molecule is COc1ccc2cc(CN3CCC(OC)C3)c(N)nc2c1. The van der Waals surface area contributed by atoms with Crippen molar-refractivity contribution in [1.82, 2.24) is 9.88 Å². The van der Waals surface area contributed by atoms with E-state index in [1.54, 1.807) is 14.2 Å². The Balaban J connectivity index is 1.84. The van der Waals surface area contributed by atoms with Crippen LogP contribution in [0.2, 0.25) is 0 Å². The lowest BCUT2D eigenvalue weighted by atomic mass is 10.1. The normalized spacial score (nSPS) is 19.2. The molecule has 2 aromatic rings. The number of likely N-dealkylation sites (tertiary alicyclic amines) is 1. The van der Waals surface area contributed by atoms with Crippen LogP contribution in [0.3, 0.4) is 0 Å². The third-order valence-electron chi connectivity index (χ3n) is 4.09. The number of aromatic nitrogens is 1. The summed E-state index contributed by atoms with van der Waals surface area (Å²) in [6.45, 7) is 2.82. The summed E-state index contributed by atoms with van der Waals surface area (Å²) in [6.07, 6.45) is 1.41. The summed E-state index contributed by atoms with van der Waals surface area (Å²) in [5, 5.41) is 1.09. The van der Waals surface area contributed by atoms with E-state index < -0.39 is 0 Å². The smallest absolute Gasteiger partial charge is 0.128 e. The molecule has 2 N–H and O–H groups in total. The maximum Gasteiger partial charge on any atom is 0.128 e. The zero-order valence-corrected chi connectivity index (χ0v) is 12.5. The average Bonchev–Trinajstić information content (AvgIpc) is 2.95. The fourth-order valence-electron chi connectivity index (χ4n) is 2.83. The maximum atomic E-state index is 6.11. The number of rotatable bonds is 4. The molecule has 0 spiro atoms. The van der Waals surface area contributed by atoms with Gasteiger partial charge in [0.25, 0.3) is 0 Å². The van der Waals surface area contributed by atoms with Crippen molar-refractivity contribution in [2.75, 3.05) is 33.0 Å². The minimum atomic E-state index is 0.337. The van der Waals surface area contributed by atoms with Gasteiger partial charge in [-0.05, 0) is 24.6 Å². The Kier molecular flexibility index (Phi) is 3.94. The van der Waals surface area contributed by atoms with Gasteiger partial charge in [0.1, 0.15) is 11.6 Å². The molecule has 0 saturated carbocycles. The van der Waals surface area contributed by atoms with Crippen molar-refractivity contribution in [2.45, 2.75) is 19.1 Å². The fraction of sp³-hybridized carbons (Fsp3) is 0.438. The molecule has 2 heterocycles. The van der Waals surface area contributed by atoms with Crippen LogP contribution in [0, 0.1) is 0 Å².